The molecule has 0 saturated carbocycles. The number of hydrogen-bond donors (Lipinski definition) is 1. The van der Waals surface area contributed by atoms with E-state index in [0.29, 0.717) is 30.8 Å². The Balaban J connectivity index is 2.00. The van der Waals surface area contributed by atoms with Gasteiger partial charge in [0, 0.05) is 27.3 Å². The molecular weight excluding hydrogens is 360 g/mol. The van der Waals surface area contributed by atoms with Crippen LogP contribution in [0.1, 0.15) is 47.3 Å². The maximum atomic E-state index is 10.8. The van der Waals surface area contributed by atoms with Crippen molar-refractivity contribution in [2.75, 3.05) is 5.75 Å². The van der Waals surface area contributed by atoms with Crippen LogP contribution in [-0.4, -0.2) is 22.1 Å². The van der Waals surface area contributed by atoms with Gasteiger partial charge in [-0.2, -0.15) is 23.5 Å². The number of hydrogen-bond acceptors (Lipinski definition) is 3. The average Bonchev–Trinajstić information content (AvgIpc) is 2.71. The van der Waals surface area contributed by atoms with Gasteiger partial charge in [0.25, 0.3) is 0 Å². The fourth-order valence-corrected chi connectivity index (χ4v) is 4.29. The fourth-order valence-electron chi connectivity index (χ4n) is 2.39. The Morgan fingerprint density at radius 2 is 1.62 bits per heavy atom. The molecule has 2 aromatic carbocycles. The molecule has 0 amide bonds. The maximum Gasteiger partial charge on any atom is 0.303 e. The van der Waals surface area contributed by atoms with Gasteiger partial charge >= 0.3 is 5.97 Å². The fraction of sp³-hybridized carbons (Fsp3) is 0.409. The van der Waals surface area contributed by atoms with Gasteiger partial charge in [0.2, 0.25) is 0 Å². The second-order valence-corrected chi connectivity index (χ2v) is 8.01. The summed E-state index contributed by atoms with van der Waals surface area (Å²) in [6, 6.07) is 19.7. The summed E-state index contributed by atoms with van der Waals surface area (Å²) in [5.74, 6) is 0.649. The summed E-state index contributed by atoms with van der Waals surface area (Å²) >= 11 is 2.82. The third kappa shape index (κ3) is 9.35. The Hall–Kier alpha value is -1.39. The van der Waals surface area contributed by atoms with Crippen LogP contribution in [0.4, 0.5) is 0 Å². The minimum atomic E-state index is -1.70. The summed E-state index contributed by atoms with van der Waals surface area (Å²) in [6.45, 7) is 0. The summed E-state index contributed by atoms with van der Waals surface area (Å²) in [5, 5.41) is 7.52. The van der Waals surface area contributed by atoms with Gasteiger partial charge in [-0.1, -0.05) is 67.1 Å². The lowest BCUT2D eigenvalue weighted by molar-refractivity contribution is -0.137. The highest BCUT2D eigenvalue weighted by atomic mass is 32.2. The van der Waals surface area contributed by atoms with E-state index in [2.05, 4.69) is 0 Å². The number of carbonyl (C=O) groups is 1. The van der Waals surface area contributed by atoms with E-state index in [4.69, 9.17) is 9.22 Å². The zero-order valence-electron chi connectivity index (χ0n) is 17.9. The lowest BCUT2D eigenvalue weighted by Crippen LogP contribution is -2.06. The zero-order valence-corrected chi connectivity index (χ0v) is 16.5. The number of carboxylic acid groups (broad SMARTS) is 1. The number of carboxylic acids is 1. The van der Waals surface area contributed by atoms with Crippen LogP contribution in [0, 0.1) is 0 Å². The van der Waals surface area contributed by atoms with Crippen LogP contribution in [0.3, 0.4) is 0 Å². The molecule has 26 heavy (non-hydrogen) atoms. The largest absolute Gasteiger partial charge is 0.481 e. The van der Waals surface area contributed by atoms with E-state index >= 15 is 0 Å². The molecule has 1 unspecified atom stereocenters. The molecule has 2 aromatic rings. The molecule has 0 saturated heterocycles. The van der Waals surface area contributed by atoms with E-state index in [9.17, 15) is 4.79 Å². The third-order valence-corrected chi connectivity index (χ3v) is 5.84. The van der Waals surface area contributed by atoms with Crippen LogP contribution in [0.25, 0.3) is 0 Å². The lowest BCUT2D eigenvalue weighted by Gasteiger charge is -2.16. The second kappa shape index (κ2) is 12.9. The van der Waals surface area contributed by atoms with Crippen LogP contribution in [0.15, 0.2) is 60.7 Å². The minimum absolute atomic E-state index is 0.0607. The smallest absolute Gasteiger partial charge is 0.303 e. The predicted octanol–water partition coefficient (Wildman–Crippen LogP) is 6.26. The minimum Gasteiger partial charge on any atom is -0.481 e. The van der Waals surface area contributed by atoms with Crippen LogP contribution in [-0.2, 0) is 16.3 Å². The van der Waals surface area contributed by atoms with Gasteiger partial charge in [-0.15, -0.1) is 0 Å². The summed E-state index contributed by atoms with van der Waals surface area (Å²) in [5.41, 5.74) is 2.20. The third-order valence-electron chi connectivity index (χ3n) is 3.78. The van der Waals surface area contributed by atoms with Crippen molar-refractivity contribution in [1.29, 1.82) is 0 Å². The van der Waals surface area contributed by atoms with Crippen molar-refractivity contribution in [1.82, 2.24) is 0 Å². The molecule has 0 radical (unpaired) electrons. The molecule has 1 atom stereocenters. The Labute approximate surface area is 170 Å². The van der Waals surface area contributed by atoms with Crippen molar-refractivity contribution in [3.8, 4) is 0 Å². The van der Waals surface area contributed by atoms with Crippen molar-refractivity contribution in [2.45, 2.75) is 48.8 Å². The van der Waals surface area contributed by atoms with Crippen LogP contribution in [0.2, 0.25) is 0 Å². The quantitative estimate of drug-likeness (QED) is 0.409. The Kier molecular flexibility index (Phi) is 8.30. The van der Waals surface area contributed by atoms with Crippen LogP contribution in [0.5, 0.6) is 0 Å². The number of thioether (sulfide) groups is 2. The molecule has 140 valence electrons. The molecule has 0 aliphatic carbocycles. The first-order valence-electron chi connectivity index (χ1n) is 10.3. The Morgan fingerprint density at radius 1 is 1.00 bits per heavy atom. The highest BCUT2D eigenvalue weighted by molar-refractivity contribution is 7.99. The van der Waals surface area contributed by atoms with Gasteiger partial charge in [0.15, 0.2) is 0 Å². The number of benzene rings is 2. The first kappa shape index (κ1) is 16.8. The van der Waals surface area contributed by atoms with Crippen LogP contribution >= 0.6 is 23.5 Å². The zero-order chi connectivity index (χ0) is 21.2. The Bertz CT molecular complexity index is 744. The molecule has 2 nitrogen and oxygen atoms in total. The first-order chi connectivity index (χ1) is 13.8. The first-order valence-corrected chi connectivity index (χ1v) is 11.0. The van der Waals surface area contributed by atoms with Crippen LogP contribution < -0.4 is 0 Å². The van der Waals surface area contributed by atoms with E-state index in [0.717, 1.165) is 11.1 Å². The Morgan fingerprint density at radius 3 is 2.23 bits per heavy atom. The van der Waals surface area contributed by atoms with Crippen molar-refractivity contribution < 1.29 is 14.0 Å². The van der Waals surface area contributed by atoms with E-state index in [1.54, 1.807) is 0 Å². The van der Waals surface area contributed by atoms with Crippen molar-refractivity contribution in [2.24, 2.45) is 0 Å². The van der Waals surface area contributed by atoms with Gasteiger partial charge in [-0.3, -0.25) is 4.79 Å². The molecule has 0 aliphatic heterocycles. The number of unbranched alkanes of at least 4 members (excludes halogenated alkanes) is 1. The second-order valence-electron chi connectivity index (χ2n) is 5.95. The number of aliphatic carboxylic acids is 1. The van der Waals surface area contributed by atoms with Gasteiger partial charge in [0.1, 0.15) is 0 Å². The average molecular weight is 392 g/mol. The van der Waals surface area contributed by atoms with Gasteiger partial charge in [-0.25, -0.2) is 0 Å². The summed E-state index contributed by atoms with van der Waals surface area (Å²) in [6.07, 6.45) is -0.313. The standard InChI is InChI=1S/C22H28O2S2/c23-22(24)14-8-7-13-21(26-18-20-11-5-2-6-12-20)15-16-25-17-19-9-3-1-4-10-19/h1-6,9-12,21H,7-8,13-18H2,(H,23,24)/i15D2,21D. The highest BCUT2D eigenvalue weighted by Gasteiger charge is 2.10. The lowest BCUT2D eigenvalue weighted by atomic mass is 10.1. The molecule has 0 fully saturated rings. The van der Waals surface area contributed by atoms with Gasteiger partial charge in [0.05, 0.1) is 0 Å². The van der Waals surface area contributed by atoms with Gasteiger partial charge < -0.3 is 5.11 Å². The van der Waals surface area contributed by atoms with Crippen molar-refractivity contribution in [3.63, 3.8) is 0 Å². The SMILES string of the molecule is [2H]C([2H])(CSCc1ccccc1)C([2H])(CCCCC(=O)O)SCc1ccccc1. The van der Waals surface area contributed by atoms with Crippen molar-refractivity contribution in [3.05, 3.63) is 71.8 Å². The molecule has 0 aromatic heterocycles. The molecule has 2 rings (SSSR count). The number of rotatable bonds is 13. The van der Waals surface area contributed by atoms with Crippen molar-refractivity contribution >= 4 is 29.5 Å². The molecule has 0 aliphatic rings. The van der Waals surface area contributed by atoms with Gasteiger partial charge in [-0.05, 0) is 36.1 Å². The molecule has 1 N–H and O–H groups in total. The molecular formula is C22H28O2S2. The van der Waals surface area contributed by atoms with E-state index < -0.39 is 17.6 Å². The van der Waals surface area contributed by atoms with E-state index in [1.807, 2.05) is 60.7 Å². The maximum absolute atomic E-state index is 10.8. The molecule has 4 heteroatoms. The van der Waals surface area contributed by atoms with E-state index in [1.165, 1.54) is 23.5 Å². The van der Waals surface area contributed by atoms with E-state index in [-0.39, 0.29) is 12.2 Å². The molecule has 0 heterocycles. The summed E-state index contributed by atoms with van der Waals surface area (Å²) in [4.78, 5) is 10.8. The normalized spacial score (nSPS) is 15.5. The monoisotopic (exact) mass is 391 g/mol. The highest BCUT2D eigenvalue weighted by Crippen LogP contribution is 2.27. The summed E-state index contributed by atoms with van der Waals surface area (Å²) in [7, 11) is 0. The molecule has 0 spiro atoms. The topological polar surface area (TPSA) is 37.3 Å². The predicted molar refractivity (Wildman–Crippen MR) is 115 cm³/mol. The summed E-state index contributed by atoms with van der Waals surface area (Å²) < 4.78 is 26.3. The molecule has 0 bridgehead atoms.